The maximum Gasteiger partial charge on any atom is 0.178 e. The number of benzene rings is 1. The molecule has 0 bridgehead atoms. The van der Waals surface area contributed by atoms with E-state index in [1.807, 2.05) is 6.92 Å². The van der Waals surface area contributed by atoms with Crippen molar-refractivity contribution in [3.63, 3.8) is 0 Å². The van der Waals surface area contributed by atoms with Crippen molar-refractivity contribution in [3.8, 4) is 11.5 Å². The lowest BCUT2D eigenvalue weighted by atomic mass is 10.2. The predicted octanol–water partition coefficient (Wildman–Crippen LogP) is 1.22. The van der Waals surface area contributed by atoms with Crippen molar-refractivity contribution in [2.24, 2.45) is 11.7 Å². The Morgan fingerprint density at radius 3 is 2.63 bits per heavy atom. The van der Waals surface area contributed by atoms with Gasteiger partial charge in [-0.15, -0.1) is 0 Å². The normalized spacial score (nSPS) is 16.7. The molecular weight excluding hydrogens is 266 g/mol. The molecule has 0 aromatic heterocycles. The zero-order valence-electron chi connectivity index (χ0n) is 11.0. The molecule has 2 rings (SSSR count). The van der Waals surface area contributed by atoms with E-state index in [1.54, 1.807) is 18.2 Å². The number of ether oxygens (including phenoxy) is 2. The average Bonchev–Trinajstić information content (AvgIpc) is 2.62. The minimum atomic E-state index is -3.33. The Morgan fingerprint density at radius 1 is 1.26 bits per heavy atom. The lowest BCUT2D eigenvalue weighted by Gasteiger charge is -2.12. The summed E-state index contributed by atoms with van der Waals surface area (Å²) in [7, 11) is -3.33. The maximum absolute atomic E-state index is 12.2. The summed E-state index contributed by atoms with van der Waals surface area (Å²) in [5, 5.41) is 0. The van der Waals surface area contributed by atoms with Gasteiger partial charge in [-0.1, -0.05) is 6.92 Å². The highest BCUT2D eigenvalue weighted by Gasteiger charge is 2.20. The summed E-state index contributed by atoms with van der Waals surface area (Å²) in [6.45, 7) is 3.30. The van der Waals surface area contributed by atoms with Crippen LogP contribution in [0.5, 0.6) is 11.5 Å². The van der Waals surface area contributed by atoms with Gasteiger partial charge in [-0.3, -0.25) is 0 Å². The number of fused-ring (bicyclic) bond motifs is 1. The fraction of sp³-hybridized carbons (Fsp3) is 0.538. The van der Waals surface area contributed by atoms with Crippen LogP contribution < -0.4 is 15.2 Å². The van der Waals surface area contributed by atoms with Gasteiger partial charge in [0, 0.05) is 12.5 Å². The zero-order chi connectivity index (χ0) is 13.9. The molecule has 0 saturated carbocycles. The average molecular weight is 285 g/mol. The van der Waals surface area contributed by atoms with Crippen LogP contribution in [0, 0.1) is 5.92 Å². The zero-order valence-corrected chi connectivity index (χ0v) is 11.8. The molecule has 0 aliphatic carbocycles. The Morgan fingerprint density at radius 2 is 1.95 bits per heavy atom. The van der Waals surface area contributed by atoms with Crippen molar-refractivity contribution in [2.45, 2.75) is 18.2 Å². The Balaban J connectivity index is 2.28. The van der Waals surface area contributed by atoms with Crippen LogP contribution in [-0.2, 0) is 9.84 Å². The van der Waals surface area contributed by atoms with Crippen molar-refractivity contribution in [2.75, 3.05) is 25.5 Å². The van der Waals surface area contributed by atoms with Crippen molar-refractivity contribution in [1.82, 2.24) is 0 Å². The van der Waals surface area contributed by atoms with E-state index in [2.05, 4.69) is 0 Å². The second-order valence-corrected chi connectivity index (χ2v) is 6.82. The Kier molecular flexibility index (Phi) is 4.31. The maximum atomic E-state index is 12.2. The molecule has 5 nitrogen and oxygen atoms in total. The van der Waals surface area contributed by atoms with Crippen LogP contribution in [-0.4, -0.2) is 33.9 Å². The molecule has 1 aliphatic rings. The summed E-state index contributed by atoms with van der Waals surface area (Å²) in [6, 6.07) is 4.76. The van der Waals surface area contributed by atoms with Crippen molar-refractivity contribution in [3.05, 3.63) is 18.2 Å². The summed E-state index contributed by atoms with van der Waals surface area (Å²) < 4.78 is 35.4. The summed E-state index contributed by atoms with van der Waals surface area (Å²) in [6.07, 6.45) is 0.793. The van der Waals surface area contributed by atoms with Gasteiger partial charge >= 0.3 is 0 Å². The Bertz CT molecular complexity index is 542. The number of rotatable bonds is 4. The van der Waals surface area contributed by atoms with Gasteiger partial charge in [0.1, 0.15) is 0 Å². The molecule has 0 spiro atoms. The summed E-state index contributed by atoms with van der Waals surface area (Å²) in [5.41, 5.74) is 5.48. The number of hydrogen-bond acceptors (Lipinski definition) is 5. The predicted molar refractivity (Wildman–Crippen MR) is 72.3 cm³/mol. The summed E-state index contributed by atoms with van der Waals surface area (Å²) >= 11 is 0. The number of hydrogen-bond donors (Lipinski definition) is 1. The third kappa shape index (κ3) is 3.39. The fourth-order valence-corrected chi connectivity index (χ4v) is 3.52. The van der Waals surface area contributed by atoms with Gasteiger partial charge in [-0.25, -0.2) is 8.42 Å². The first-order valence-corrected chi connectivity index (χ1v) is 8.00. The molecular formula is C13H19NO4S. The second-order valence-electron chi connectivity index (χ2n) is 4.78. The highest BCUT2D eigenvalue weighted by atomic mass is 32.2. The molecule has 1 aromatic carbocycles. The van der Waals surface area contributed by atoms with E-state index in [0.717, 1.165) is 6.42 Å². The standard InChI is InChI=1S/C13H19NO4S/c1-10(8-14)9-19(15,16)11-3-4-12-13(7-11)18-6-2-5-17-12/h3-4,7,10H,2,5-6,8-9,14H2,1H3. The molecule has 1 aliphatic heterocycles. The van der Waals surface area contributed by atoms with Gasteiger partial charge in [0.2, 0.25) is 0 Å². The van der Waals surface area contributed by atoms with Gasteiger partial charge < -0.3 is 15.2 Å². The molecule has 6 heteroatoms. The largest absolute Gasteiger partial charge is 0.490 e. The molecule has 1 atom stereocenters. The van der Waals surface area contributed by atoms with Crippen molar-refractivity contribution >= 4 is 9.84 Å². The molecule has 106 valence electrons. The Labute approximate surface area is 113 Å². The monoisotopic (exact) mass is 285 g/mol. The second kappa shape index (κ2) is 5.79. The third-order valence-corrected chi connectivity index (χ3v) is 4.96. The smallest absolute Gasteiger partial charge is 0.178 e. The summed E-state index contributed by atoms with van der Waals surface area (Å²) in [4.78, 5) is 0.261. The molecule has 0 fully saturated rings. The van der Waals surface area contributed by atoms with Crippen molar-refractivity contribution in [1.29, 1.82) is 0 Å². The van der Waals surface area contributed by atoms with Crippen LogP contribution in [0.3, 0.4) is 0 Å². The van der Waals surface area contributed by atoms with E-state index >= 15 is 0 Å². The SMILES string of the molecule is CC(CN)CS(=O)(=O)c1ccc2c(c1)OCCCO2. The first kappa shape index (κ1) is 14.1. The van der Waals surface area contributed by atoms with Crippen LogP contribution >= 0.6 is 0 Å². The van der Waals surface area contributed by atoms with Gasteiger partial charge in [-0.2, -0.15) is 0 Å². The van der Waals surface area contributed by atoms with Gasteiger partial charge in [-0.05, 0) is 24.6 Å². The van der Waals surface area contributed by atoms with E-state index in [9.17, 15) is 8.42 Å². The van der Waals surface area contributed by atoms with Crippen LogP contribution in [0.2, 0.25) is 0 Å². The molecule has 19 heavy (non-hydrogen) atoms. The third-order valence-electron chi connectivity index (χ3n) is 2.98. The van der Waals surface area contributed by atoms with E-state index in [4.69, 9.17) is 15.2 Å². The van der Waals surface area contributed by atoms with Gasteiger partial charge in [0.05, 0.1) is 23.9 Å². The minimum Gasteiger partial charge on any atom is -0.490 e. The van der Waals surface area contributed by atoms with E-state index in [0.29, 0.717) is 31.3 Å². The fourth-order valence-electron chi connectivity index (χ4n) is 1.88. The first-order valence-electron chi connectivity index (χ1n) is 6.35. The lowest BCUT2D eigenvalue weighted by molar-refractivity contribution is 0.297. The van der Waals surface area contributed by atoms with Crippen LogP contribution in [0.4, 0.5) is 0 Å². The molecule has 0 amide bonds. The molecule has 0 radical (unpaired) electrons. The topological polar surface area (TPSA) is 78.6 Å². The van der Waals surface area contributed by atoms with Crippen molar-refractivity contribution < 1.29 is 17.9 Å². The van der Waals surface area contributed by atoms with Gasteiger partial charge in [0.15, 0.2) is 21.3 Å². The lowest BCUT2D eigenvalue weighted by Crippen LogP contribution is -2.21. The molecule has 2 N–H and O–H groups in total. The first-order chi connectivity index (χ1) is 9.03. The van der Waals surface area contributed by atoms with E-state index in [-0.39, 0.29) is 16.6 Å². The highest BCUT2D eigenvalue weighted by Crippen LogP contribution is 2.32. The van der Waals surface area contributed by atoms with E-state index in [1.165, 1.54) is 0 Å². The quantitative estimate of drug-likeness (QED) is 0.899. The molecule has 0 saturated heterocycles. The molecule has 1 unspecified atom stereocenters. The summed E-state index contributed by atoms with van der Waals surface area (Å²) in [5.74, 6) is 1.08. The van der Waals surface area contributed by atoms with Crippen LogP contribution in [0.1, 0.15) is 13.3 Å². The molecule has 1 heterocycles. The van der Waals surface area contributed by atoms with Crippen LogP contribution in [0.15, 0.2) is 23.1 Å². The Hall–Kier alpha value is -1.27. The number of nitrogens with two attached hydrogens (primary N) is 1. The highest BCUT2D eigenvalue weighted by molar-refractivity contribution is 7.91. The minimum absolute atomic E-state index is 0.0448. The van der Waals surface area contributed by atoms with E-state index < -0.39 is 9.84 Å². The van der Waals surface area contributed by atoms with Gasteiger partial charge in [0.25, 0.3) is 0 Å². The number of sulfone groups is 1. The molecule has 1 aromatic rings. The van der Waals surface area contributed by atoms with Crippen LogP contribution in [0.25, 0.3) is 0 Å².